The van der Waals surface area contributed by atoms with Crippen molar-refractivity contribution in [1.82, 2.24) is 33.7 Å². The number of aromatic nitrogens is 4. The molecule has 0 aliphatic carbocycles. The number of hydrogen-bond acceptors (Lipinski definition) is 6. The minimum atomic E-state index is -3.45. The molecule has 1 fully saturated rings. The van der Waals surface area contributed by atoms with E-state index in [2.05, 4.69) is 15.5 Å². The van der Waals surface area contributed by atoms with Gasteiger partial charge in [0.05, 0.1) is 12.1 Å². The van der Waals surface area contributed by atoms with E-state index in [0.717, 1.165) is 11.3 Å². The monoisotopic (exact) mass is 407 g/mol. The molecule has 2 aromatic rings. The Morgan fingerprint density at radius 3 is 2.25 bits per heavy atom. The van der Waals surface area contributed by atoms with E-state index in [-0.39, 0.29) is 12.3 Å². The van der Waals surface area contributed by atoms with Crippen molar-refractivity contribution >= 4 is 16.1 Å². The number of amides is 1. The average Bonchev–Trinajstić information content (AvgIpc) is 3.24. The summed E-state index contributed by atoms with van der Waals surface area (Å²) in [6.07, 6.45) is 1.78. The molecular formula is C17H25N7O3S. The summed E-state index contributed by atoms with van der Waals surface area (Å²) in [7, 11) is -3.45. The highest BCUT2D eigenvalue weighted by Crippen LogP contribution is 2.14. The molecule has 1 aromatic heterocycles. The van der Waals surface area contributed by atoms with Gasteiger partial charge in [-0.25, -0.2) is 4.68 Å². The molecule has 3 rings (SSSR count). The predicted octanol–water partition coefficient (Wildman–Crippen LogP) is -0.0644. The van der Waals surface area contributed by atoms with E-state index in [9.17, 15) is 13.2 Å². The first-order valence-corrected chi connectivity index (χ1v) is 10.7. The Balaban J connectivity index is 1.55. The highest BCUT2D eigenvalue weighted by Gasteiger charge is 2.31. The second-order valence-electron chi connectivity index (χ2n) is 6.47. The van der Waals surface area contributed by atoms with E-state index in [0.29, 0.717) is 39.3 Å². The van der Waals surface area contributed by atoms with Gasteiger partial charge in [-0.3, -0.25) is 4.79 Å². The van der Waals surface area contributed by atoms with Crippen LogP contribution in [-0.4, -0.2) is 87.3 Å². The number of carbonyl (C=O) groups excluding carboxylic acids is 1. The SMILES string of the molecule is CCN(CC)S(=O)(=O)N1CCN(C(=O)Cc2ccc(-n3cnnn3)cc2)CC1. The van der Waals surface area contributed by atoms with E-state index in [1.165, 1.54) is 14.9 Å². The lowest BCUT2D eigenvalue weighted by atomic mass is 10.1. The number of carbonyl (C=O) groups is 1. The van der Waals surface area contributed by atoms with Crippen LogP contribution in [0.2, 0.25) is 0 Å². The first-order valence-electron chi connectivity index (χ1n) is 9.31. The predicted molar refractivity (Wildman–Crippen MR) is 103 cm³/mol. The van der Waals surface area contributed by atoms with Crippen LogP contribution in [0.5, 0.6) is 0 Å². The lowest BCUT2D eigenvalue weighted by molar-refractivity contribution is -0.131. The van der Waals surface area contributed by atoms with Crippen molar-refractivity contribution in [3.63, 3.8) is 0 Å². The molecule has 0 N–H and O–H groups in total. The van der Waals surface area contributed by atoms with Crippen LogP contribution in [0.4, 0.5) is 0 Å². The van der Waals surface area contributed by atoms with Crippen molar-refractivity contribution in [3.05, 3.63) is 36.2 Å². The van der Waals surface area contributed by atoms with Crippen molar-refractivity contribution in [3.8, 4) is 5.69 Å². The zero-order valence-corrected chi connectivity index (χ0v) is 16.9. The molecule has 0 spiro atoms. The molecule has 0 radical (unpaired) electrons. The van der Waals surface area contributed by atoms with Gasteiger partial charge in [0.25, 0.3) is 10.2 Å². The molecule has 0 atom stereocenters. The normalized spacial score (nSPS) is 15.9. The Labute approximate surface area is 164 Å². The quantitative estimate of drug-likeness (QED) is 0.637. The molecule has 1 saturated heterocycles. The summed E-state index contributed by atoms with van der Waals surface area (Å²) in [5, 5.41) is 11.0. The van der Waals surface area contributed by atoms with Gasteiger partial charge in [0.2, 0.25) is 5.91 Å². The van der Waals surface area contributed by atoms with Crippen LogP contribution in [-0.2, 0) is 21.4 Å². The van der Waals surface area contributed by atoms with Gasteiger partial charge in [0.15, 0.2) is 0 Å². The number of rotatable bonds is 7. The van der Waals surface area contributed by atoms with E-state index in [1.807, 2.05) is 38.1 Å². The zero-order chi connectivity index (χ0) is 20.1. The lowest BCUT2D eigenvalue weighted by Gasteiger charge is -2.36. The minimum Gasteiger partial charge on any atom is -0.340 e. The topological polar surface area (TPSA) is 105 Å². The fourth-order valence-electron chi connectivity index (χ4n) is 3.21. The van der Waals surface area contributed by atoms with E-state index in [4.69, 9.17) is 0 Å². The van der Waals surface area contributed by atoms with Crippen LogP contribution in [0, 0.1) is 0 Å². The van der Waals surface area contributed by atoms with Crippen LogP contribution in [0.25, 0.3) is 5.69 Å². The lowest BCUT2D eigenvalue weighted by Crippen LogP contribution is -2.54. The molecule has 10 nitrogen and oxygen atoms in total. The van der Waals surface area contributed by atoms with Crippen LogP contribution in [0.1, 0.15) is 19.4 Å². The van der Waals surface area contributed by atoms with Gasteiger partial charge < -0.3 is 4.90 Å². The molecule has 1 aliphatic rings. The van der Waals surface area contributed by atoms with Crippen molar-refractivity contribution in [2.45, 2.75) is 20.3 Å². The first kappa shape index (κ1) is 20.4. The summed E-state index contributed by atoms with van der Waals surface area (Å²) >= 11 is 0. The van der Waals surface area contributed by atoms with E-state index < -0.39 is 10.2 Å². The largest absolute Gasteiger partial charge is 0.340 e. The Morgan fingerprint density at radius 1 is 1.07 bits per heavy atom. The third kappa shape index (κ3) is 4.37. The molecule has 1 aliphatic heterocycles. The van der Waals surface area contributed by atoms with Crippen molar-refractivity contribution in [2.75, 3.05) is 39.3 Å². The molecule has 1 amide bonds. The van der Waals surface area contributed by atoms with Crippen molar-refractivity contribution in [1.29, 1.82) is 0 Å². The Morgan fingerprint density at radius 2 is 1.71 bits per heavy atom. The number of piperazine rings is 1. The van der Waals surface area contributed by atoms with Crippen LogP contribution in [0.3, 0.4) is 0 Å². The van der Waals surface area contributed by atoms with Crippen LogP contribution < -0.4 is 0 Å². The van der Waals surface area contributed by atoms with Gasteiger partial charge in [0, 0.05) is 39.3 Å². The van der Waals surface area contributed by atoms with Gasteiger partial charge in [-0.1, -0.05) is 26.0 Å². The first-order chi connectivity index (χ1) is 13.5. The van der Waals surface area contributed by atoms with Crippen LogP contribution >= 0.6 is 0 Å². The second-order valence-corrected chi connectivity index (χ2v) is 8.40. The standard InChI is InChI=1S/C17H25N7O3S/c1-3-22(4-2)28(26,27)23-11-9-21(10-12-23)17(25)13-15-5-7-16(8-6-15)24-14-18-19-20-24/h5-8,14H,3-4,9-13H2,1-2H3. The molecule has 0 bridgehead atoms. The number of tetrazole rings is 1. The highest BCUT2D eigenvalue weighted by molar-refractivity contribution is 7.86. The van der Waals surface area contributed by atoms with Gasteiger partial charge in [-0.05, 0) is 28.1 Å². The highest BCUT2D eigenvalue weighted by atomic mass is 32.2. The summed E-state index contributed by atoms with van der Waals surface area (Å²) in [6, 6.07) is 7.45. The van der Waals surface area contributed by atoms with Gasteiger partial charge in [-0.15, -0.1) is 5.10 Å². The van der Waals surface area contributed by atoms with Gasteiger partial charge in [0.1, 0.15) is 6.33 Å². The molecule has 28 heavy (non-hydrogen) atoms. The fraction of sp³-hybridized carbons (Fsp3) is 0.529. The third-order valence-corrected chi connectivity index (χ3v) is 7.04. The summed E-state index contributed by atoms with van der Waals surface area (Å²) < 4.78 is 29.6. The summed E-state index contributed by atoms with van der Waals surface area (Å²) in [5.41, 5.74) is 1.71. The molecule has 0 unspecified atom stereocenters. The summed E-state index contributed by atoms with van der Waals surface area (Å²) in [5.74, 6) is -0.00457. The van der Waals surface area contributed by atoms with E-state index in [1.54, 1.807) is 9.58 Å². The Hall–Kier alpha value is -2.37. The maximum atomic E-state index is 12.6. The molecule has 11 heteroatoms. The second kappa shape index (κ2) is 8.76. The van der Waals surface area contributed by atoms with Gasteiger partial charge in [-0.2, -0.15) is 17.0 Å². The third-order valence-electron chi connectivity index (χ3n) is 4.85. The van der Waals surface area contributed by atoms with Crippen molar-refractivity contribution in [2.24, 2.45) is 0 Å². The molecular weight excluding hydrogens is 382 g/mol. The zero-order valence-electron chi connectivity index (χ0n) is 16.1. The molecule has 152 valence electrons. The Bertz CT molecular complexity index is 872. The maximum Gasteiger partial charge on any atom is 0.282 e. The summed E-state index contributed by atoms with van der Waals surface area (Å²) in [4.78, 5) is 14.3. The van der Waals surface area contributed by atoms with Crippen LogP contribution in [0.15, 0.2) is 30.6 Å². The number of nitrogens with zero attached hydrogens (tertiary/aromatic N) is 7. The smallest absolute Gasteiger partial charge is 0.282 e. The maximum absolute atomic E-state index is 12.6. The number of hydrogen-bond donors (Lipinski definition) is 0. The summed E-state index contributed by atoms with van der Waals surface area (Å²) in [6.45, 7) is 5.99. The van der Waals surface area contributed by atoms with E-state index >= 15 is 0 Å². The fourth-order valence-corrected chi connectivity index (χ4v) is 4.82. The Kier molecular flexibility index (Phi) is 6.37. The van der Waals surface area contributed by atoms with Crippen molar-refractivity contribution < 1.29 is 13.2 Å². The number of benzene rings is 1. The molecule has 2 heterocycles. The average molecular weight is 408 g/mol. The molecule has 1 aromatic carbocycles. The van der Waals surface area contributed by atoms with Gasteiger partial charge >= 0.3 is 0 Å². The molecule has 0 saturated carbocycles. The minimum absolute atomic E-state index is 0.00457.